The molecule has 0 saturated carbocycles. The zero-order valence-corrected chi connectivity index (χ0v) is 19.4. The average Bonchev–Trinajstić information content (AvgIpc) is 3.33. The van der Waals surface area contributed by atoms with Gasteiger partial charge in [0, 0.05) is 50.2 Å². The molecule has 2 saturated heterocycles. The first-order valence-corrected chi connectivity index (χ1v) is 11.8. The van der Waals surface area contributed by atoms with Crippen molar-refractivity contribution in [3.63, 3.8) is 0 Å². The maximum atomic E-state index is 13.2. The summed E-state index contributed by atoms with van der Waals surface area (Å²) in [5.74, 6) is 0.283. The van der Waals surface area contributed by atoms with E-state index in [1.54, 1.807) is 24.3 Å². The highest BCUT2D eigenvalue weighted by atomic mass is 16.5. The Balaban J connectivity index is 1.49. The van der Waals surface area contributed by atoms with Gasteiger partial charge in [-0.15, -0.1) is 0 Å². The summed E-state index contributed by atoms with van der Waals surface area (Å²) >= 11 is 0. The Bertz CT molecular complexity index is 1260. The third kappa shape index (κ3) is 4.80. The molecule has 35 heavy (non-hydrogen) atoms. The number of allylic oxidation sites excluding steroid dienone is 1. The largest absolute Gasteiger partial charge is 0.422 e. The van der Waals surface area contributed by atoms with Crippen LogP contribution in [0.25, 0.3) is 16.8 Å². The molecule has 2 aliphatic rings. The van der Waals surface area contributed by atoms with Crippen LogP contribution in [-0.4, -0.2) is 66.5 Å². The van der Waals surface area contributed by atoms with Crippen molar-refractivity contribution in [1.82, 2.24) is 15.0 Å². The molecule has 0 aromatic carbocycles. The van der Waals surface area contributed by atoms with Crippen molar-refractivity contribution in [2.75, 3.05) is 54.5 Å². The zero-order chi connectivity index (χ0) is 24.2. The summed E-state index contributed by atoms with van der Waals surface area (Å²) in [6.45, 7) is 4.36. The Labute approximate surface area is 202 Å². The normalized spacial score (nSPS) is 17.0. The number of ether oxygens (including phenoxy) is 1. The van der Waals surface area contributed by atoms with Crippen molar-refractivity contribution >= 4 is 46.4 Å². The number of pyridine rings is 2. The molecule has 0 bridgehead atoms. The summed E-state index contributed by atoms with van der Waals surface area (Å²) in [7, 11) is 0. The lowest BCUT2D eigenvalue weighted by Crippen LogP contribution is -2.36. The van der Waals surface area contributed by atoms with E-state index in [1.165, 1.54) is 12.6 Å². The molecule has 182 valence electrons. The van der Waals surface area contributed by atoms with Crippen LogP contribution in [0, 0.1) is 5.41 Å². The van der Waals surface area contributed by atoms with Crippen LogP contribution in [0.15, 0.2) is 34.9 Å². The standard InChI is InChI=1S/C24H28N8O3/c25-14-16(15-26)17-5-4-6-18(27-17)23(33)28-19-13-20-21(29-22(19)31-7-2-1-3-8-31)30-24(35-20)32-9-11-34-12-10-32/h4-6,13-15,25H,1-3,7-12,26H2,(H,28,33). The number of anilines is 3. The van der Waals surface area contributed by atoms with Crippen molar-refractivity contribution < 1.29 is 13.9 Å². The Hall–Kier alpha value is -3.99. The molecule has 1 amide bonds. The summed E-state index contributed by atoms with van der Waals surface area (Å²) in [6, 6.07) is 7.32. The molecule has 3 aromatic heterocycles. The molecule has 0 unspecified atom stereocenters. The van der Waals surface area contributed by atoms with Crippen LogP contribution in [0.1, 0.15) is 35.4 Å². The van der Waals surface area contributed by atoms with Crippen molar-refractivity contribution in [3.8, 4) is 0 Å². The highest BCUT2D eigenvalue weighted by Gasteiger charge is 2.23. The highest BCUT2D eigenvalue weighted by molar-refractivity contribution is 6.09. The molecule has 0 radical (unpaired) electrons. The van der Waals surface area contributed by atoms with Crippen LogP contribution in [0.4, 0.5) is 17.5 Å². The first kappa shape index (κ1) is 22.8. The van der Waals surface area contributed by atoms with Gasteiger partial charge in [-0.1, -0.05) is 6.07 Å². The minimum Gasteiger partial charge on any atom is -0.422 e. The molecule has 3 aromatic rings. The van der Waals surface area contributed by atoms with E-state index in [0.29, 0.717) is 66.3 Å². The number of rotatable bonds is 6. The van der Waals surface area contributed by atoms with Crippen molar-refractivity contribution in [3.05, 3.63) is 41.9 Å². The van der Waals surface area contributed by atoms with Crippen LogP contribution in [-0.2, 0) is 4.74 Å². The lowest BCUT2D eigenvalue weighted by atomic mass is 10.1. The van der Waals surface area contributed by atoms with Crippen molar-refractivity contribution in [2.24, 2.45) is 5.73 Å². The number of fused-ring (bicyclic) bond motifs is 1. The van der Waals surface area contributed by atoms with Gasteiger partial charge in [0.05, 0.1) is 24.6 Å². The summed E-state index contributed by atoms with van der Waals surface area (Å²) in [6.07, 6.45) is 5.69. The number of hydrogen-bond acceptors (Lipinski definition) is 10. The van der Waals surface area contributed by atoms with E-state index in [4.69, 9.17) is 25.3 Å². The number of carbonyl (C=O) groups excluding carboxylic acids is 1. The molecule has 0 spiro atoms. The van der Waals surface area contributed by atoms with Gasteiger partial charge in [0.25, 0.3) is 11.9 Å². The van der Waals surface area contributed by atoms with Crippen molar-refractivity contribution in [1.29, 1.82) is 5.41 Å². The lowest BCUT2D eigenvalue weighted by molar-refractivity contribution is 0.102. The van der Waals surface area contributed by atoms with Crippen LogP contribution >= 0.6 is 0 Å². The Kier molecular flexibility index (Phi) is 6.57. The lowest BCUT2D eigenvalue weighted by Gasteiger charge is -2.29. The quantitative estimate of drug-likeness (QED) is 0.457. The predicted octanol–water partition coefficient (Wildman–Crippen LogP) is 2.65. The first-order valence-electron chi connectivity index (χ1n) is 11.8. The third-order valence-corrected chi connectivity index (χ3v) is 6.15. The number of nitrogens with zero attached hydrogens (tertiary/aromatic N) is 5. The van der Waals surface area contributed by atoms with Gasteiger partial charge in [0.2, 0.25) is 5.65 Å². The zero-order valence-electron chi connectivity index (χ0n) is 19.4. The monoisotopic (exact) mass is 476 g/mol. The molecule has 5 rings (SSSR count). The van der Waals surface area contributed by atoms with Gasteiger partial charge in [-0.2, -0.15) is 4.98 Å². The highest BCUT2D eigenvalue weighted by Crippen LogP contribution is 2.32. The third-order valence-electron chi connectivity index (χ3n) is 6.15. The molecular formula is C24H28N8O3. The first-order chi connectivity index (χ1) is 17.2. The topological polar surface area (TPSA) is 146 Å². The minimum absolute atomic E-state index is 0.208. The molecule has 11 heteroatoms. The van der Waals surface area contributed by atoms with Gasteiger partial charge in [-0.3, -0.25) is 4.79 Å². The van der Waals surface area contributed by atoms with Crippen LogP contribution < -0.4 is 20.9 Å². The molecule has 0 atom stereocenters. The van der Waals surface area contributed by atoms with Gasteiger partial charge in [-0.05, 0) is 31.4 Å². The van der Waals surface area contributed by atoms with Crippen molar-refractivity contribution in [2.45, 2.75) is 19.3 Å². The van der Waals surface area contributed by atoms with E-state index in [2.05, 4.69) is 20.2 Å². The van der Waals surface area contributed by atoms with Gasteiger partial charge < -0.3 is 35.4 Å². The fourth-order valence-corrected chi connectivity index (χ4v) is 4.29. The van der Waals surface area contributed by atoms with E-state index in [9.17, 15) is 4.79 Å². The van der Waals surface area contributed by atoms with Gasteiger partial charge in [0.1, 0.15) is 5.69 Å². The Morgan fingerprint density at radius 2 is 1.80 bits per heavy atom. The number of oxazole rings is 1. The fourth-order valence-electron chi connectivity index (χ4n) is 4.29. The molecular weight excluding hydrogens is 448 g/mol. The molecule has 5 heterocycles. The van der Waals surface area contributed by atoms with Gasteiger partial charge in [-0.25, -0.2) is 9.97 Å². The number of piperidine rings is 1. The molecule has 11 nitrogen and oxygen atoms in total. The molecule has 2 fully saturated rings. The van der Waals surface area contributed by atoms with Crippen LogP contribution in [0.2, 0.25) is 0 Å². The molecule has 2 aliphatic heterocycles. The van der Waals surface area contributed by atoms with E-state index < -0.39 is 0 Å². The van der Waals surface area contributed by atoms with Gasteiger partial charge >= 0.3 is 0 Å². The minimum atomic E-state index is -0.388. The number of nitrogens with two attached hydrogens (primary N) is 1. The smallest absolute Gasteiger partial charge is 0.300 e. The maximum absolute atomic E-state index is 13.2. The Morgan fingerprint density at radius 1 is 1.03 bits per heavy atom. The molecule has 4 N–H and O–H groups in total. The number of amides is 1. The Morgan fingerprint density at radius 3 is 2.54 bits per heavy atom. The van der Waals surface area contributed by atoms with Gasteiger partial charge in [0.15, 0.2) is 11.4 Å². The number of hydrogen-bond donors (Lipinski definition) is 3. The summed E-state index contributed by atoms with van der Waals surface area (Å²) < 4.78 is 11.4. The predicted molar refractivity (Wildman–Crippen MR) is 134 cm³/mol. The average molecular weight is 477 g/mol. The number of carbonyl (C=O) groups is 1. The maximum Gasteiger partial charge on any atom is 0.300 e. The second-order valence-corrected chi connectivity index (χ2v) is 8.45. The second kappa shape index (κ2) is 10.1. The number of nitrogens with one attached hydrogen (secondary N) is 2. The number of morpholine rings is 1. The summed E-state index contributed by atoms with van der Waals surface area (Å²) in [5.41, 5.74) is 8.22. The van der Waals surface area contributed by atoms with Crippen LogP contribution in [0.3, 0.4) is 0 Å². The summed E-state index contributed by atoms with van der Waals surface area (Å²) in [5, 5.41) is 10.5. The summed E-state index contributed by atoms with van der Waals surface area (Å²) in [4.78, 5) is 31.2. The molecule has 0 aliphatic carbocycles. The second-order valence-electron chi connectivity index (χ2n) is 8.45. The van der Waals surface area contributed by atoms with E-state index in [-0.39, 0.29) is 11.6 Å². The number of aromatic nitrogens is 3. The van der Waals surface area contributed by atoms with Crippen LogP contribution in [0.5, 0.6) is 0 Å². The van der Waals surface area contributed by atoms with E-state index in [1.807, 2.05) is 4.90 Å². The fraction of sp³-hybridized carbons (Fsp3) is 0.375. The van der Waals surface area contributed by atoms with E-state index >= 15 is 0 Å². The van der Waals surface area contributed by atoms with E-state index in [0.717, 1.165) is 32.1 Å². The SMILES string of the molecule is N=CC(=CN)c1cccc(C(=O)Nc2cc3oc(N4CCOCC4)nc3nc2N2CCCCC2)n1.